The third kappa shape index (κ3) is 5.13. The Morgan fingerprint density at radius 3 is 2.50 bits per heavy atom. The second-order valence-corrected chi connectivity index (χ2v) is 7.11. The molecule has 3 aromatic rings. The Morgan fingerprint density at radius 2 is 1.86 bits per heavy atom. The Labute approximate surface area is 166 Å². The summed E-state index contributed by atoms with van der Waals surface area (Å²) in [6, 6.07) is 6.69. The summed E-state index contributed by atoms with van der Waals surface area (Å²) in [5.74, 6) is 0.898. The van der Waals surface area contributed by atoms with Crippen LogP contribution in [0.15, 0.2) is 29.6 Å². The summed E-state index contributed by atoms with van der Waals surface area (Å²) < 4.78 is 10.9. The van der Waals surface area contributed by atoms with E-state index < -0.39 is 5.97 Å². The summed E-state index contributed by atoms with van der Waals surface area (Å²) in [5.41, 5.74) is 6.93. The lowest BCUT2D eigenvalue weighted by Crippen LogP contribution is -2.17. The minimum atomic E-state index is -0.493. The van der Waals surface area contributed by atoms with Gasteiger partial charge in [-0.1, -0.05) is 0 Å². The Kier molecular flexibility index (Phi) is 5.99. The van der Waals surface area contributed by atoms with E-state index in [9.17, 15) is 4.79 Å². The minimum absolute atomic E-state index is 0.0709. The third-order valence-electron chi connectivity index (χ3n) is 3.56. The number of ether oxygens (including phenoxy) is 2. The van der Waals surface area contributed by atoms with Crippen molar-refractivity contribution in [2.75, 3.05) is 24.7 Å². The van der Waals surface area contributed by atoms with Gasteiger partial charge in [0.15, 0.2) is 12.4 Å². The molecule has 146 valence electrons. The lowest BCUT2D eigenvalue weighted by Gasteiger charge is -2.11. The number of carbonyl (C=O) groups excluding carboxylic acids is 1. The molecule has 0 radical (unpaired) electrons. The van der Waals surface area contributed by atoms with Crippen LogP contribution in [0.3, 0.4) is 0 Å². The summed E-state index contributed by atoms with van der Waals surface area (Å²) in [6.07, 6.45) is 0. The smallest absolute Gasteiger partial charge is 0.338 e. The first-order valence-corrected chi connectivity index (χ1v) is 9.27. The molecule has 0 aliphatic carbocycles. The highest BCUT2D eigenvalue weighted by molar-refractivity contribution is 7.09. The average Bonchev–Trinajstić information content (AvgIpc) is 3.09. The Bertz CT molecular complexity index is 958. The molecular weight excluding hydrogens is 380 g/mol. The van der Waals surface area contributed by atoms with Crippen LogP contribution in [0.1, 0.15) is 26.9 Å². The molecule has 0 unspecified atom stereocenters. The molecule has 1 aromatic carbocycles. The van der Waals surface area contributed by atoms with Gasteiger partial charge in [0.25, 0.3) is 0 Å². The van der Waals surface area contributed by atoms with Crippen LogP contribution < -0.4 is 15.4 Å². The van der Waals surface area contributed by atoms with Crippen LogP contribution in [0, 0.1) is 6.92 Å². The molecule has 2 N–H and O–H groups in total. The van der Waals surface area contributed by atoms with E-state index in [1.165, 1.54) is 0 Å². The highest BCUT2D eigenvalue weighted by Crippen LogP contribution is 2.16. The number of benzene rings is 1. The molecule has 0 saturated heterocycles. The van der Waals surface area contributed by atoms with Crippen LogP contribution in [0.2, 0.25) is 0 Å². The van der Waals surface area contributed by atoms with E-state index in [-0.39, 0.29) is 18.4 Å². The number of hydrogen-bond acceptors (Lipinski definition) is 10. The molecular formula is C18H20N6O3S. The van der Waals surface area contributed by atoms with Gasteiger partial charge >= 0.3 is 5.97 Å². The molecule has 0 fully saturated rings. The minimum Gasteiger partial charge on any atom is -0.487 e. The number of nitrogen functional groups attached to an aromatic ring is 1. The van der Waals surface area contributed by atoms with Gasteiger partial charge in [-0.15, -0.1) is 11.3 Å². The first-order chi connectivity index (χ1) is 13.4. The molecule has 0 atom stereocenters. The number of esters is 1. The monoisotopic (exact) mass is 400 g/mol. The predicted molar refractivity (Wildman–Crippen MR) is 105 cm³/mol. The van der Waals surface area contributed by atoms with Crippen molar-refractivity contribution in [2.45, 2.75) is 20.1 Å². The summed E-state index contributed by atoms with van der Waals surface area (Å²) >= 11 is 1.58. The van der Waals surface area contributed by atoms with Gasteiger partial charge < -0.3 is 20.1 Å². The standard InChI is InChI=1S/C18H20N6O3S/c1-11-20-13(10-28-11)8-26-14-6-4-12(5-7-14)16(25)27-9-15-21-17(19)23-18(22-15)24(2)3/h4-7,10H,8-9H2,1-3H3,(H2,19,21,22,23). The maximum absolute atomic E-state index is 12.2. The predicted octanol–water partition coefficient (Wildman–Crippen LogP) is 2.22. The maximum atomic E-state index is 12.2. The van der Waals surface area contributed by atoms with E-state index in [2.05, 4.69) is 19.9 Å². The van der Waals surface area contributed by atoms with E-state index in [4.69, 9.17) is 15.2 Å². The van der Waals surface area contributed by atoms with E-state index >= 15 is 0 Å². The first-order valence-electron chi connectivity index (χ1n) is 8.39. The van der Waals surface area contributed by atoms with Gasteiger partial charge in [0.2, 0.25) is 11.9 Å². The highest BCUT2D eigenvalue weighted by Gasteiger charge is 2.11. The van der Waals surface area contributed by atoms with Gasteiger partial charge in [0.05, 0.1) is 16.3 Å². The Hall–Kier alpha value is -3.27. The molecule has 10 heteroatoms. The van der Waals surface area contributed by atoms with E-state index in [0.29, 0.717) is 23.9 Å². The van der Waals surface area contributed by atoms with Gasteiger partial charge in [-0.2, -0.15) is 15.0 Å². The number of anilines is 2. The van der Waals surface area contributed by atoms with Crippen molar-refractivity contribution < 1.29 is 14.3 Å². The Balaban J connectivity index is 1.56. The zero-order valence-electron chi connectivity index (χ0n) is 15.7. The number of rotatable bonds is 7. The zero-order chi connectivity index (χ0) is 20.1. The van der Waals surface area contributed by atoms with Crippen LogP contribution in [-0.2, 0) is 18.0 Å². The van der Waals surface area contributed by atoms with E-state index in [0.717, 1.165) is 10.7 Å². The van der Waals surface area contributed by atoms with Gasteiger partial charge in [-0.05, 0) is 31.2 Å². The number of nitrogens with two attached hydrogens (primary N) is 1. The van der Waals surface area contributed by atoms with Crippen LogP contribution in [-0.4, -0.2) is 40.0 Å². The first kappa shape index (κ1) is 19.5. The van der Waals surface area contributed by atoms with E-state index in [1.807, 2.05) is 12.3 Å². The topological polar surface area (TPSA) is 116 Å². The third-order valence-corrected chi connectivity index (χ3v) is 4.39. The highest BCUT2D eigenvalue weighted by atomic mass is 32.1. The van der Waals surface area contributed by atoms with Crippen LogP contribution >= 0.6 is 11.3 Å². The molecule has 0 amide bonds. The number of carbonyl (C=O) groups is 1. The summed E-state index contributed by atoms with van der Waals surface area (Å²) in [4.78, 5) is 30.4. The SMILES string of the molecule is Cc1nc(COc2ccc(C(=O)OCc3nc(N)nc(N(C)C)n3)cc2)cs1. The molecule has 0 aliphatic heterocycles. The fourth-order valence-electron chi connectivity index (χ4n) is 2.22. The number of hydrogen-bond donors (Lipinski definition) is 1. The molecule has 3 rings (SSSR count). The molecule has 0 saturated carbocycles. The van der Waals surface area contributed by atoms with Crippen molar-refractivity contribution in [3.05, 3.63) is 51.7 Å². The van der Waals surface area contributed by atoms with Crippen molar-refractivity contribution in [3.63, 3.8) is 0 Å². The largest absolute Gasteiger partial charge is 0.487 e. The molecule has 0 aliphatic rings. The molecule has 2 aromatic heterocycles. The number of nitrogens with zero attached hydrogens (tertiary/aromatic N) is 5. The second-order valence-electron chi connectivity index (χ2n) is 6.05. The average molecular weight is 400 g/mol. The van der Waals surface area contributed by atoms with Gasteiger partial charge in [0, 0.05) is 19.5 Å². The zero-order valence-corrected chi connectivity index (χ0v) is 16.6. The lowest BCUT2D eigenvalue weighted by atomic mass is 10.2. The lowest BCUT2D eigenvalue weighted by molar-refractivity contribution is 0.0462. The molecule has 0 spiro atoms. The number of aryl methyl sites for hydroxylation is 1. The van der Waals surface area contributed by atoms with Crippen molar-refractivity contribution in [3.8, 4) is 5.75 Å². The van der Waals surface area contributed by atoms with Crippen LogP contribution in [0.25, 0.3) is 0 Å². The number of thiazole rings is 1. The second kappa shape index (κ2) is 8.61. The summed E-state index contributed by atoms with van der Waals surface area (Å²) in [7, 11) is 3.56. The fraction of sp³-hybridized carbons (Fsp3) is 0.278. The summed E-state index contributed by atoms with van der Waals surface area (Å²) in [5, 5.41) is 2.95. The van der Waals surface area contributed by atoms with Crippen LogP contribution in [0.4, 0.5) is 11.9 Å². The van der Waals surface area contributed by atoms with Crippen molar-refractivity contribution in [1.82, 2.24) is 19.9 Å². The van der Waals surface area contributed by atoms with Gasteiger partial charge in [-0.3, -0.25) is 0 Å². The summed E-state index contributed by atoms with van der Waals surface area (Å²) in [6.45, 7) is 2.22. The van der Waals surface area contributed by atoms with Gasteiger partial charge in [-0.25, -0.2) is 9.78 Å². The Morgan fingerprint density at radius 1 is 1.11 bits per heavy atom. The van der Waals surface area contributed by atoms with Crippen molar-refractivity contribution in [1.29, 1.82) is 0 Å². The molecule has 9 nitrogen and oxygen atoms in total. The van der Waals surface area contributed by atoms with E-state index in [1.54, 1.807) is 54.6 Å². The molecule has 2 heterocycles. The van der Waals surface area contributed by atoms with Crippen molar-refractivity contribution >= 4 is 29.2 Å². The fourth-order valence-corrected chi connectivity index (χ4v) is 2.82. The molecule has 0 bridgehead atoms. The normalized spacial score (nSPS) is 10.5. The van der Waals surface area contributed by atoms with Gasteiger partial charge in [0.1, 0.15) is 12.4 Å². The number of aromatic nitrogens is 4. The quantitative estimate of drug-likeness (QED) is 0.596. The van der Waals surface area contributed by atoms with Crippen molar-refractivity contribution in [2.24, 2.45) is 0 Å². The molecule has 28 heavy (non-hydrogen) atoms. The maximum Gasteiger partial charge on any atom is 0.338 e. The van der Waals surface area contributed by atoms with Crippen LogP contribution in [0.5, 0.6) is 5.75 Å².